The summed E-state index contributed by atoms with van der Waals surface area (Å²) in [6.07, 6.45) is 2.12. The van der Waals surface area contributed by atoms with Crippen molar-refractivity contribution >= 4 is 16.8 Å². The number of para-hydroxylation sites is 1. The molecular formula is C25H30N4O3. The van der Waals surface area contributed by atoms with E-state index in [1.807, 2.05) is 47.4 Å². The summed E-state index contributed by atoms with van der Waals surface area (Å²) in [6, 6.07) is 15.2. The van der Waals surface area contributed by atoms with Crippen molar-refractivity contribution in [2.45, 2.75) is 32.2 Å². The molecule has 1 aliphatic heterocycles. The topological polar surface area (TPSA) is 78.5 Å². The van der Waals surface area contributed by atoms with Crippen LogP contribution in [0.5, 0.6) is 5.75 Å². The van der Waals surface area contributed by atoms with Crippen LogP contribution in [-0.4, -0.2) is 59.0 Å². The van der Waals surface area contributed by atoms with E-state index in [2.05, 4.69) is 21.8 Å². The molecule has 1 aliphatic rings. The molecular weight excluding hydrogens is 404 g/mol. The molecule has 0 aliphatic carbocycles. The molecule has 2 aromatic carbocycles. The number of fused-ring (bicyclic) bond motifs is 1. The number of aryl methyl sites for hydroxylation is 1. The van der Waals surface area contributed by atoms with Crippen molar-refractivity contribution in [3.63, 3.8) is 0 Å². The molecule has 3 aromatic rings. The Hall–Kier alpha value is -3.19. The highest BCUT2D eigenvalue weighted by Gasteiger charge is 2.24. The van der Waals surface area contributed by atoms with Crippen LogP contribution in [0, 0.1) is 0 Å². The van der Waals surface area contributed by atoms with E-state index < -0.39 is 0 Å². The quantitative estimate of drug-likeness (QED) is 0.645. The molecule has 0 bridgehead atoms. The van der Waals surface area contributed by atoms with E-state index in [9.17, 15) is 9.59 Å². The van der Waals surface area contributed by atoms with E-state index >= 15 is 0 Å². The lowest BCUT2D eigenvalue weighted by Crippen LogP contribution is -2.36. The van der Waals surface area contributed by atoms with Gasteiger partial charge in [-0.25, -0.2) is 4.98 Å². The zero-order valence-corrected chi connectivity index (χ0v) is 18.7. The van der Waals surface area contributed by atoms with Gasteiger partial charge in [-0.2, -0.15) is 0 Å². The van der Waals surface area contributed by atoms with Gasteiger partial charge in [0.2, 0.25) is 5.91 Å². The highest BCUT2D eigenvalue weighted by Crippen LogP contribution is 2.20. The van der Waals surface area contributed by atoms with Crippen molar-refractivity contribution in [2.24, 2.45) is 0 Å². The Bertz CT molecular complexity index is 1130. The number of benzene rings is 2. The molecule has 4 rings (SSSR count). The SMILES string of the molecule is COc1ccc(CCC(=O)N2CCCN(C(C)c3nc4ccccc4c(=O)[nH]3)CC2)cc1. The average molecular weight is 435 g/mol. The van der Waals surface area contributed by atoms with Gasteiger partial charge in [-0.05, 0) is 49.6 Å². The number of nitrogens with zero attached hydrogens (tertiary/aromatic N) is 3. The number of H-pyrrole nitrogens is 1. The lowest BCUT2D eigenvalue weighted by atomic mass is 10.1. The van der Waals surface area contributed by atoms with E-state index in [0.717, 1.165) is 43.8 Å². The first-order chi connectivity index (χ1) is 15.5. The Kier molecular flexibility index (Phi) is 6.85. The number of carbonyl (C=O) groups excluding carboxylic acids is 1. The van der Waals surface area contributed by atoms with Crippen LogP contribution in [0.4, 0.5) is 0 Å². The van der Waals surface area contributed by atoms with Crippen LogP contribution < -0.4 is 10.3 Å². The number of aromatic nitrogens is 2. The van der Waals surface area contributed by atoms with Gasteiger partial charge in [0.1, 0.15) is 11.6 Å². The molecule has 1 unspecified atom stereocenters. The Labute approximate surface area is 188 Å². The van der Waals surface area contributed by atoms with Gasteiger partial charge in [0.05, 0.1) is 24.1 Å². The van der Waals surface area contributed by atoms with Crippen molar-refractivity contribution in [1.82, 2.24) is 19.8 Å². The molecule has 1 N–H and O–H groups in total. The van der Waals surface area contributed by atoms with Crippen LogP contribution >= 0.6 is 0 Å². The van der Waals surface area contributed by atoms with Gasteiger partial charge in [0, 0.05) is 32.6 Å². The third kappa shape index (κ3) is 4.99. The predicted molar refractivity (Wildman–Crippen MR) is 125 cm³/mol. The van der Waals surface area contributed by atoms with E-state index in [-0.39, 0.29) is 17.5 Å². The van der Waals surface area contributed by atoms with E-state index in [1.54, 1.807) is 13.2 Å². The summed E-state index contributed by atoms with van der Waals surface area (Å²) in [6.45, 7) is 5.12. The van der Waals surface area contributed by atoms with E-state index in [0.29, 0.717) is 29.7 Å². The second kappa shape index (κ2) is 9.96. The molecule has 2 heterocycles. The lowest BCUT2D eigenvalue weighted by Gasteiger charge is -2.27. The van der Waals surface area contributed by atoms with Crippen LogP contribution in [-0.2, 0) is 11.2 Å². The Balaban J connectivity index is 1.36. The van der Waals surface area contributed by atoms with Crippen molar-refractivity contribution in [2.75, 3.05) is 33.3 Å². The van der Waals surface area contributed by atoms with Gasteiger partial charge in [-0.1, -0.05) is 24.3 Å². The molecule has 0 saturated carbocycles. The fraction of sp³-hybridized carbons (Fsp3) is 0.400. The van der Waals surface area contributed by atoms with Crippen molar-refractivity contribution in [3.05, 3.63) is 70.3 Å². The van der Waals surface area contributed by atoms with Crippen LogP contribution in [0.15, 0.2) is 53.3 Å². The molecule has 7 nitrogen and oxygen atoms in total. The number of carbonyl (C=O) groups is 1. The molecule has 1 amide bonds. The third-order valence-corrected chi connectivity index (χ3v) is 6.24. The first-order valence-electron chi connectivity index (χ1n) is 11.2. The molecule has 7 heteroatoms. The van der Waals surface area contributed by atoms with Crippen molar-refractivity contribution in [1.29, 1.82) is 0 Å². The predicted octanol–water partition coefficient (Wildman–Crippen LogP) is 3.16. The minimum absolute atomic E-state index is 0.0262. The van der Waals surface area contributed by atoms with Gasteiger partial charge in [0.25, 0.3) is 5.56 Å². The highest BCUT2D eigenvalue weighted by molar-refractivity contribution is 5.77. The van der Waals surface area contributed by atoms with Crippen LogP contribution in [0.2, 0.25) is 0 Å². The van der Waals surface area contributed by atoms with Gasteiger partial charge in [-0.3, -0.25) is 14.5 Å². The van der Waals surface area contributed by atoms with Gasteiger partial charge in [-0.15, -0.1) is 0 Å². The van der Waals surface area contributed by atoms with Gasteiger partial charge in [0.15, 0.2) is 0 Å². The summed E-state index contributed by atoms with van der Waals surface area (Å²) in [5.74, 6) is 1.68. The molecule has 1 fully saturated rings. The highest BCUT2D eigenvalue weighted by atomic mass is 16.5. The Morgan fingerprint density at radius 1 is 1.09 bits per heavy atom. The number of amides is 1. The summed E-state index contributed by atoms with van der Waals surface area (Å²) in [5, 5.41) is 0.605. The number of methoxy groups -OCH3 is 1. The van der Waals surface area contributed by atoms with Crippen LogP contribution in [0.1, 0.15) is 37.2 Å². The molecule has 32 heavy (non-hydrogen) atoms. The van der Waals surface area contributed by atoms with E-state index in [1.165, 1.54) is 0 Å². The largest absolute Gasteiger partial charge is 0.497 e. The maximum Gasteiger partial charge on any atom is 0.258 e. The number of rotatable bonds is 6. The second-order valence-electron chi connectivity index (χ2n) is 8.26. The molecule has 1 aromatic heterocycles. The normalized spacial score (nSPS) is 16.0. The summed E-state index contributed by atoms with van der Waals surface area (Å²) in [5.41, 5.74) is 1.74. The molecule has 0 spiro atoms. The lowest BCUT2D eigenvalue weighted by molar-refractivity contribution is -0.131. The van der Waals surface area contributed by atoms with Crippen molar-refractivity contribution in [3.8, 4) is 5.75 Å². The summed E-state index contributed by atoms with van der Waals surface area (Å²) >= 11 is 0. The summed E-state index contributed by atoms with van der Waals surface area (Å²) < 4.78 is 5.19. The fourth-order valence-electron chi connectivity index (χ4n) is 4.25. The number of aromatic amines is 1. The standard InChI is InChI=1S/C25H30N4O3/c1-18(24-26-22-7-4-3-6-21(22)25(31)27-24)28-14-5-15-29(17-16-28)23(30)13-10-19-8-11-20(32-2)12-9-19/h3-4,6-9,11-12,18H,5,10,13-17H2,1-2H3,(H,26,27,31). The Morgan fingerprint density at radius 2 is 1.88 bits per heavy atom. The Morgan fingerprint density at radius 3 is 2.66 bits per heavy atom. The van der Waals surface area contributed by atoms with Crippen LogP contribution in [0.3, 0.4) is 0 Å². The number of ether oxygens (including phenoxy) is 1. The minimum atomic E-state index is -0.109. The number of hydrogen-bond donors (Lipinski definition) is 1. The second-order valence-corrected chi connectivity index (χ2v) is 8.26. The first-order valence-corrected chi connectivity index (χ1v) is 11.2. The van der Waals surface area contributed by atoms with Crippen LogP contribution in [0.25, 0.3) is 10.9 Å². The maximum atomic E-state index is 12.8. The van der Waals surface area contributed by atoms with Gasteiger partial charge < -0.3 is 14.6 Å². The minimum Gasteiger partial charge on any atom is -0.497 e. The van der Waals surface area contributed by atoms with E-state index in [4.69, 9.17) is 4.74 Å². The molecule has 0 radical (unpaired) electrons. The smallest absolute Gasteiger partial charge is 0.258 e. The van der Waals surface area contributed by atoms with Gasteiger partial charge >= 0.3 is 0 Å². The first kappa shape index (κ1) is 22.0. The zero-order chi connectivity index (χ0) is 22.5. The average Bonchev–Trinajstić information content (AvgIpc) is 3.09. The molecule has 1 atom stereocenters. The summed E-state index contributed by atoms with van der Waals surface area (Å²) in [7, 11) is 1.65. The molecule has 168 valence electrons. The number of hydrogen-bond acceptors (Lipinski definition) is 5. The number of nitrogens with one attached hydrogen (secondary N) is 1. The maximum absolute atomic E-state index is 12.8. The fourth-order valence-corrected chi connectivity index (χ4v) is 4.25. The van der Waals surface area contributed by atoms with Crippen molar-refractivity contribution < 1.29 is 9.53 Å². The zero-order valence-electron chi connectivity index (χ0n) is 18.7. The molecule has 1 saturated heterocycles. The monoisotopic (exact) mass is 434 g/mol. The third-order valence-electron chi connectivity index (χ3n) is 6.24. The summed E-state index contributed by atoms with van der Waals surface area (Å²) in [4.78, 5) is 37.2.